The molecule has 0 radical (unpaired) electrons. The molecule has 0 spiro atoms. The van der Waals surface area contributed by atoms with Crippen LogP contribution in [0.3, 0.4) is 0 Å². The molecule has 2 fully saturated rings. The monoisotopic (exact) mass is 171 g/mol. The Kier molecular flexibility index (Phi) is 2.42. The highest BCUT2D eigenvalue weighted by Gasteiger charge is 2.26. The summed E-state index contributed by atoms with van der Waals surface area (Å²) in [6.07, 6.45) is 2.95. The highest BCUT2D eigenvalue weighted by atomic mass is 32.2. The Morgan fingerprint density at radius 3 is 2.73 bits per heavy atom. The van der Waals surface area contributed by atoms with E-state index in [1.807, 2.05) is 0 Å². The zero-order chi connectivity index (χ0) is 7.68. The summed E-state index contributed by atoms with van der Waals surface area (Å²) in [5.41, 5.74) is 0. The zero-order valence-corrected chi connectivity index (χ0v) is 7.99. The zero-order valence-electron chi connectivity index (χ0n) is 7.18. The fourth-order valence-corrected chi connectivity index (χ4v) is 3.00. The Bertz CT molecular complexity index is 134. The average Bonchev–Trinajstić information content (AvgIpc) is 2.73. The van der Waals surface area contributed by atoms with Gasteiger partial charge >= 0.3 is 0 Å². The first-order chi connectivity index (χ1) is 5.36. The van der Waals surface area contributed by atoms with Crippen LogP contribution in [0.2, 0.25) is 0 Å². The molecule has 1 saturated heterocycles. The van der Waals surface area contributed by atoms with Crippen molar-refractivity contribution in [3.05, 3.63) is 0 Å². The predicted molar refractivity (Wildman–Crippen MR) is 51.0 cm³/mol. The van der Waals surface area contributed by atoms with Crippen molar-refractivity contribution in [2.75, 3.05) is 18.1 Å². The normalized spacial score (nSPS) is 37.9. The van der Waals surface area contributed by atoms with Crippen molar-refractivity contribution in [3.63, 3.8) is 0 Å². The van der Waals surface area contributed by atoms with E-state index >= 15 is 0 Å². The van der Waals surface area contributed by atoms with Crippen LogP contribution >= 0.6 is 11.8 Å². The molecule has 0 aromatic heterocycles. The first kappa shape index (κ1) is 7.93. The number of thioether (sulfide) groups is 1. The van der Waals surface area contributed by atoms with E-state index in [0.717, 1.165) is 17.9 Å². The molecule has 64 valence electrons. The van der Waals surface area contributed by atoms with Gasteiger partial charge in [-0.2, -0.15) is 11.8 Å². The standard InChI is InChI=1S/C9H17NS/c1-7-5-11-6-9(7)10-4-8-2-3-8/h7-10H,2-6H2,1H3. The topological polar surface area (TPSA) is 12.0 Å². The Morgan fingerprint density at radius 2 is 2.18 bits per heavy atom. The van der Waals surface area contributed by atoms with Crippen LogP contribution in [0.1, 0.15) is 19.8 Å². The lowest BCUT2D eigenvalue weighted by molar-refractivity contribution is 0.445. The first-order valence-corrected chi connectivity index (χ1v) is 5.83. The molecule has 0 amide bonds. The van der Waals surface area contributed by atoms with Crippen LogP contribution in [0, 0.1) is 11.8 Å². The third-order valence-corrected chi connectivity index (χ3v) is 4.09. The van der Waals surface area contributed by atoms with E-state index in [2.05, 4.69) is 24.0 Å². The third-order valence-electron chi connectivity index (χ3n) is 2.73. The van der Waals surface area contributed by atoms with Gasteiger partial charge in [-0.1, -0.05) is 6.92 Å². The van der Waals surface area contributed by atoms with Gasteiger partial charge in [0, 0.05) is 11.8 Å². The van der Waals surface area contributed by atoms with Crippen LogP contribution < -0.4 is 5.32 Å². The Balaban J connectivity index is 1.67. The molecule has 1 aliphatic carbocycles. The van der Waals surface area contributed by atoms with E-state index in [1.54, 1.807) is 0 Å². The van der Waals surface area contributed by atoms with Crippen LogP contribution in [0.25, 0.3) is 0 Å². The maximum absolute atomic E-state index is 3.67. The van der Waals surface area contributed by atoms with Gasteiger partial charge in [0.1, 0.15) is 0 Å². The molecule has 0 aromatic carbocycles. The molecule has 0 bridgehead atoms. The summed E-state index contributed by atoms with van der Waals surface area (Å²) in [6, 6.07) is 0.820. The van der Waals surface area contributed by atoms with Crippen molar-refractivity contribution in [1.82, 2.24) is 5.32 Å². The molecule has 11 heavy (non-hydrogen) atoms. The smallest absolute Gasteiger partial charge is 0.0191 e. The molecule has 2 rings (SSSR count). The van der Waals surface area contributed by atoms with Gasteiger partial charge in [0.05, 0.1) is 0 Å². The van der Waals surface area contributed by atoms with E-state index < -0.39 is 0 Å². The fourth-order valence-electron chi connectivity index (χ4n) is 1.56. The van der Waals surface area contributed by atoms with Gasteiger partial charge in [-0.3, -0.25) is 0 Å². The molecule has 0 aromatic rings. The minimum atomic E-state index is 0.820. The minimum Gasteiger partial charge on any atom is -0.313 e. The van der Waals surface area contributed by atoms with Crippen LogP contribution in [0.15, 0.2) is 0 Å². The number of hydrogen-bond acceptors (Lipinski definition) is 2. The molecule has 2 heteroatoms. The number of rotatable bonds is 3. The summed E-state index contributed by atoms with van der Waals surface area (Å²) >= 11 is 2.10. The predicted octanol–water partition coefficient (Wildman–Crippen LogP) is 1.74. The maximum atomic E-state index is 3.67. The van der Waals surface area contributed by atoms with Gasteiger partial charge in [0.2, 0.25) is 0 Å². The highest BCUT2D eigenvalue weighted by molar-refractivity contribution is 7.99. The first-order valence-electron chi connectivity index (χ1n) is 4.67. The SMILES string of the molecule is CC1CSCC1NCC1CC1. The lowest BCUT2D eigenvalue weighted by Gasteiger charge is -2.15. The summed E-state index contributed by atoms with van der Waals surface area (Å²) < 4.78 is 0. The fraction of sp³-hybridized carbons (Fsp3) is 1.00. The van der Waals surface area contributed by atoms with Crippen LogP contribution in [0.4, 0.5) is 0 Å². The number of hydrogen-bond donors (Lipinski definition) is 1. The van der Waals surface area contributed by atoms with E-state index in [0.29, 0.717) is 0 Å². The van der Waals surface area contributed by atoms with Gasteiger partial charge < -0.3 is 5.32 Å². The maximum Gasteiger partial charge on any atom is 0.0191 e. The molecule has 1 heterocycles. The van der Waals surface area contributed by atoms with Crippen LogP contribution in [-0.2, 0) is 0 Å². The van der Waals surface area contributed by atoms with Crippen LogP contribution in [0.5, 0.6) is 0 Å². The van der Waals surface area contributed by atoms with Crippen molar-refractivity contribution < 1.29 is 0 Å². The van der Waals surface area contributed by atoms with E-state index in [1.165, 1.54) is 30.9 Å². The molecule has 1 N–H and O–H groups in total. The van der Waals surface area contributed by atoms with Gasteiger partial charge in [0.25, 0.3) is 0 Å². The minimum absolute atomic E-state index is 0.820. The molecule has 1 saturated carbocycles. The quantitative estimate of drug-likeness (QED) is 0.694. The van der Waals surface area contributed by atoms with Gasteiger partial charge in [-0.05, 0) is 37.0 Å². The second-order valence-corrected chi connectivity index (χ2v) is 5.05. The lowest BCUT2D eigenvalue weighted by atomic mass is 10.1. The highest BCUT2D eigenvalue weighted by Crippen LogP contribution is 2.29. The van der Waals surface area contributed by atoms with Crippen molar-refractivity contribution >= 4 is 11.8 Å². The second-order valence-electron chi connectivity index (χ2n) is 3.97. The van der Waals surface area contributed by atoms with Crippen molar-refractivity contribution in [2.24, 2.45) is 11.8 Å². The molecular formula is C9H17NS. The molecule has 1 nitrogen and oxygen atoms in total. The molecule has 2 unspecified atom stereocenters. The van der Waals surface area contributed by atoms with Crippen molar-refractivity contribution in [2.45, 2.75) is 25.8 Å². The Hall–Kier alpha value is 0.310. The summed E-state index contributed by atoms with van der Waals surface area (Å²) in [5, 5.41) is 3.67. The van der Waals surface area contributed by atoms with Crippen LogP contribution in [-0.4, -0.2) is 24.1 Å². The van der Waals surface area contributed by atoms with E-state index in [9.17, 15) is 0 Å². The summed E-state index contributed by atoms with van der Waals surface area (Å²) in [6.45, 7) is 3.65. The average molecular weight is 171 g/mol. The third kappa shape index (κ3) is 2.12. The summed E-state index contributed by atoms with van der Waals surface area (Å²) in [7, 11) is 0. The van der Waals surface area contributed by atoms with E-state index in [4.69, 9.17) is 0 Å². The van der Waals surface area contributed by atoms with Crippen molar-refractivity contribution in [1.29, 1.82) is 0 Å². The number of nitrogens with one attached hydrogen (secondary N) is 1. The molecular weight excluding hydrogens is 154 g/mol. The Morgan fingerprint density at radius 1 is 1.36 bits per heavy atom. The summed E-state index contributed by atoms with van der Waals surface area (Å²) in [4.78, 5) is 0. The Labute approximate surface area is 73.3 Å². The molecule has 1 aliphatic heterocycles. The molecule has 2 atom stereocenters. The van der Waals surface area contributed by atoms with Gasteiger partial charge in [0.15, 0.2) is 0 Å². The summed E-state index contributed by atoms with van der Waals surface area (Å²) in [5.74, 6) is 4.64. The van der Waals surface area contributed by atoms with Gasteiger partial charge in [-0.15, -0.1) is 0 Å². The second kappa shape index (κ2) is 3.36. The largest absolute Gasteiger partial charge is 0.313 e. The van der Waals surface area contributed by atoms with Crippen molar-refractivity contribution in [3.8, 4) is 0 Å². The van der Waals surface area contributed by atoms with E-state index in [-0.39, 0.29) is 0 Å². The lowest BCUT2D eigenvalue weighted by Crippen LogP contribution is -2.35. The van der Waals surface area contributed by atoms with Gasteiger partial charge in [-0.25, -0.2) is 0 Å². The molecule has 2 aliphatic rings.